The van der Waals surface area contributed by atoms with Gasteiger partial charge in [-0.3, -0.25) is 4.79 Å². The van der Waals surface area contributed by atoms with Crippen molar-refractivity contribution >= 4 is 17.5 Å². The largest absolute Gasteiger partial charge is 0.345 e. The van der Waals surface area contributed by atoms with Gasteiger partial charge in [0.15, 0.2) is 0 Å². The minimum atomic E-state index is -0.173. The van der Waals surface area contributed by atoms with Crippen molar-refractivity contribution in [3.63, 3.8) is 0 Å². The van der Waals surface area contributed by atoms with Gasteiger partial charge in [-0.05, 0) is 35.7 Å². The molecule has 1 unspecified atom stereocenters. The molecule has 1 N–H and O–H groups in total. The fourth-order valence-corrected chi connectivity index (χ4v) is 3.02. The molecule has 0 spiro atoms. The standard InChI is InChI=1S/C22H20ClNO/c1-16-10-12-19(13-11-16)22(18-7-3-2-4-8-18)24-21(25)15-17-6-5-9-20(23)14-17/h2-14,22H,15H2,1H3,(H,24,25). The summed E-state index contributed by atoms with van der Waals surface area (Å²) in [5, 5.41) is 3.80. The number of nitrogens with one attached hydrogen (secondary N) is 1. The first-order chi connectivity index (χ1) is 12.1. The summed E-state index contributed by atoms with van der Waals surface area (Å²) in [6.07, 6.45) is 0.301. The summed E-state index contributed by atoms with van der Waals surface area (Å²) < 4.78 is 0. The molecule has 3 aromatic carbocycles. The second-order valence-corrected chi connectivity index (χ2v) is 6.57. The Morgan fingerprint density at radius 2 is 1.60 bits per heavy atom. The predicted octanol–water partition coefficient (Wildman–Crippen LogP) is 5.10. The van der Waals surface area contributed by atoms with E-state index >= 15 is 0 Å². The number of benzene rings is 3. The maximum Gasteiger partial charge on any atom is 0.225 e. The first kappa shape index (κ1) is 17.2. The minimum Gasteiger partial charge on any atom is -0.345 e. The average molecular weight is 350 g/mol. The van der Waals surface area contributed by atoms with E-state index in [-0.39, 0.29) is 11.9 Å². The van der Waals surface area contributed by atoms with E-state index in [1.807, 2.05) is 54.6 Å². The van der Waals surface area contributed by atoms with E-state index in [9.17, 15) is 4.79 Å². The summed E-state index contributed by atoms with van der Waals surface area (Å²) in [6, 6.07) is 25.5. The van der Waals surface area contributed by atoms with Gasteiger partial charge < -0.3 is 5.32 Å². The summed E-state index contributed by atoms with van der Waals surface area (Å²) in [7, 11) is 0. The van der Waals surface area contributed by atoms with Crippen molar-refractivity contribution < 1.29 is 4.79 Å². The van der Waals surface area contributed by atoms with Crippen LogP contribution in [0.1, 0.15) is 28.3 Å². The van der Waals surface area contributed by atoms with Gasteiger partial charge in [-0.25, -0.2) is 0 Å². The average Bonchev–Trinajstić information content (AvgIpc) is 2.61. The Morgan fingerprint density at radius 1 is 0.920 bits per heavy atom. The van der Waals surface area contributed by atoms with Crippen molar-refractivity contribution in [2.45, 2.75) is 19.4 Å². The van der Waals surface area contributed by atoms with Gasteiger partial charge >= 0.3 is 0 Å². The van der Waals surface area contributed by atoms with E-state index in [2.05, 4.69) is 36.5 Å². The molecule has 3 rings (SSSR count). The van der Waals surface area contributed by atoms with Gasteiger partial charge in [0.25, 0.3) is 0 Å². The molecule has 0 saturated carbocycles. The molecule has 3 aromatic rings. The fraction of sp³-hybridized carbons (Fsp3) is 0.136. The van der Waals surface area contributed by atoms with Crippen LogP contribution in [0.5, 0.6) is 0 Å². The molecule has 0 radical (unpaired) electrons. The molecular formula is C22H20ClNO. The molecule has 0 aliphatic rings. The Hall–Kier alpha value is -2.58. The van der Waals surface area contributed by atoms with E-state index in [1.165, 1.54) is 5.56 Å². The van der Waals surface area contributed by atoms with Crippen molar-refractivity contribution in [2.75, 3.05) is 0 Å². The Kier molecular flexibility index (Phi) is 5.52. The first-order valence-electron chi connectivity index (χ1n) is 8.27. The van der Waals surface area contributed by atoms with E-state index in [0.717, 1.165) is 16.7 Å². The van der Waals surface area contributed by atoms with Crippen LogP contribution in [0.15, 0.2) is 78.9 Å². The van der Waals surface area contributed by atoms with Crippen molar-refractivity contribution in [3.05, 3.63) is 106 Å². The molecule has 1 amide bonds. The van der Waals surface area contributed by atoms with Crippen molar-refractivity contribution in [3.8, 4) is 0 Å². The summed E-state index contributed by atoms with van der Waals surface area (Å²) >= 11 is 6.01. The van der Waals surface area contributed by atoms with Gasteiger partial charge in [0, 0.05) is 5.02 Å². The number of amides is 1. The highest BCUT2D eigenvalue weighted by atomic mass is 35.5. The first-order valence-corrected chi connectivity index (χ1v) is 8.65. The highest BCUT2D eigenvalue weighted by Gasteiger charge is 2.17. The van der Waals surface area contributed by atoms with Crippen LogP contribution in [0.4, 0.5) is 0 Å². The van der Waals surface area contributed by atoms with Crippen LogP contribution in [0, 0.1) is 6.92 Å². The zero-order valence-electron chi connectivity index (χ0n) is 14.1. The van der Waals surface area contributed by atoms with Gasteiger partial charge in [0.05, 0.1) is 12.5 Å². The van der Waals surface area contributed by atoms with Crippen LogP contribution in [-0.2, 0) is 11.2 Å². The van der Waals surface area contributed by atoms with E-state index in [4.69, 9.17) is 11.6 Å². The molecule has 0 fully saturated rings. The third kappa shape index (κ3) is 4.71. The van der Waals surface area contributed by atoms with Crippen LogP contribution in [0.25, 0.3) is 0 Å². The van der Waals surface area contributed by atoms with E-state index in [0.29, 0.717) is 11.4 Å². The van der Waals surface area contributed by atoms with Crippen molar-refractivity contribution in [1.82, 2.24) is 5.32 Å². The van der Waals surface area contributed by atoms with Gasteiger partial charge in [0.1, 0.15) is 0 Å². The number of hydrogen-bond donors (Lipinski definition) is 1. The summed E-state index contributed by atoms with van der Waals surface area (Å²) in [4.78, 5) is 12.6. The van der Waals surface area contributed by atoms with Crippen molar-refractivity contribution in [2.24, 2.45) is 0 Å². The Bertz CT molecular complexity index is 843. The molecular weight excluding hydrogens is 330 g/mol. The number of halogens is 1. The lowest BCUT2D eigenvalue weighted by Gasteiger charge is -2.20. The fourth-order valence-electron chi connectivity index (χ4n) is 2.81. The van der Waals surface area contributed by atoms with Crippen LogP contribution < -0.4 is 5.32 Å². The molecule has 126 valence electrons. The molecule has 2 nitrogen and oxygen atoms in total. The monoisotopic (exact) mass is 349 g/mol. The predicted molar refractivity (Wildman–Crippen MR) is 103 cm³/mol. The zero-order chi connectivity index (χ0) is 17.6. The Labute approximate surface area is 153 Å². The smallest absolute Gasteiger partial charge is 0.225 e. The third-order valence-electron chi connectivity index (χ3n) is 4.10. The highest BCUT2D eigenvalue weighted by molar-refractivity contribution is 6.30. The third-order valence-corrected chi connectivity index (χ3v) is 4.34. The van der Waals surface area contributed by atoms with Gasteiger partial charge in [-0.15, -0.1) is 0 Å². The molecule has 1 atom stereocenters. The lowest BCUT2D eigenvalue weighted by molar-refractivity contribution is -0.120. The summed E-state index contributed by atoms with van der Waals surface area (Å²) in [5.74, 6) is -0.0308. The van der Waals surface area contributed by atoms with Gasteiger partial charge in [0.2, 0.25) is 5.91 Å². The normalized spacial score (nSPS) is 11.8. The number of aryl methyl sites for hydroxylation is 1. The topological polar surface area (TPSA) is 29.1 Å². The number of hydrogen-bond acceptors (Lipinski definition) is 1. The Morgan fingerprint density at radius 3 is 2.28 bits per heavy atom. The van der Waals surface area contributed by atoms with Crippen LogP contribution in [-0.4, -0.2) is 5.91 Å². The molecule has 0 bridgehead atoms. The maximum atomic E-state index is 12.6. The molecule has 0 aliphatic carbocycles. The lowest BCUT2D eigenvalue weighted by atomic mass is 9.97. The molecule has 0 aliphatic heterocycles. The maximum absolute atomic E-state index is 12.6. The molecule has 0 heterocycles. The second-order valence-electron chi connectivity index (χ2n) is 6.13. The second kappa shape index (κ2) is 8.00. The van der Waals surface area contributed by atoms with E-state index < -0.39 is 0 Å². The van der Waals surface area contributed by atoms with Crippen LogP contribution in [0.2, 0.25) is 5.02 Å². The Balaban J connectivity index is 1.82. The number of carbonyl (C=O) groups excluding carboxylic acids is 1. The molecule has 0 aromatic heterocycles. The molecule has 3 heteroatoms. The van der Waals surface area contributed by atoms with Crippen LogP contribution in [0.3, 0.4) is 0 Å². The number of carbonyl (C=O) groups is 1. The summed E-state index contributed by atoms with van der Waals surface area (Å²) in [6.45, 7) is 2.05. The quantitative estimate of drug-likeness (QED) is 0.682. The minimum absolute atomic E-state index is 0.0308. The highest BCUT2D eigenvalue weighted by Crippen LogP contribution is 2.22. The lowest BCUT2D eigenvalue weighted by Crippen LogP contribution is -2.30. The van der Waals surface area contributed by atoms with Gasteiger partial charge in [-0.2, -0.15) is 0 Å². The van der Waals surface area contributed by atoms with Crippen LogP contribution >= 0.6 is 11.6 Å². The van der Waals surface area contributed by atoms with Crippen molar-refractivity contribution in [1.29, 1.82) is 0 Å². The SMILES string of the molecule is Cc1ccc(C(NC(=O)Cc2cccc(Cl)c2)c2ccccc2)cc1. The molecule has 0 saturated heterocycles. The molecule has 25 heavy (non-hydrogen) atoms. The zero-order valence-corrected chi connectivity index (χ0v) is 14.8. The van der Waals surface area contributed by atoms with E-state index in [1.54, 1.807) is 0 Å². The number of rotatable bonds is 5. The van der Waals surface area contributed by atoms with Gasteiger partial charge in [-0.1, -0.05) is 83.9 Å². The summed E-state index contributed by atoms with van der Waals surface area (Å²) in [5.41, 5.74) is 4.23.